The average molecular weight is 248 g/mol. The molecule has 1 aromatic heterocycles. The first kappa shape index (κ1) is 12.5. The molecule has 0 aromatic carbocycles. The molecule has 0 aliphatic heterocycles. The van der Waals surface area contributed by atoms with E-state index in [1.165, 1.54) is 12.1 Å². The van der Waals surface area contributed by atoms with Gasteiger partial charge in [0.2, 0.25) is 15.8 Å². The number of carbonyl (C=O) groups is 1. The van der Waals surface area contributed by atoms with Crippen LogP contribution >= 0.6 is 0 Å². The molecule has 0 unspecified atom stereocenters. The van der Waals surface area contributed by atoms with Gasteiger partial charge >= 0.3 is 5.97 Å². The second-order valence-electron chi connectivity index (χ2n) is 3.12. The van der Waals surface area contributed by atoms with Gasteiger partial charge in [-0.25, -0.2) is 18.4 Å². The van der Waals surface area contributed by atoms with Gasteiger partial charge in [-0.1, -0.05) is 0 Å². The molecular weight excluding hydrogens is 236 g/mol. The van der Waals surface area contributed by atoms with Crippen molar-refractivity contribution in [3.05, 3.63) is 17.9 Å². The van der Waals surface area contributed by atoms with Crippen LogP contribution in [0.4, 0.5) is 5.88 Å². The molecule has 7 nitrogen and oxygen atoms in total. The smallest absolute Gasteiger partial charge is 0.371 e. The minimum Gasteiger partial charge on any atom is -0.475 e. The maximum Gasteiger partial charge on any atom is 0.371 e. The van der Waals surface area contributed by atoms with E-state index in [-0.39, 0.29) is 17.4 Å². The molecule has 0 saturated heterocycles. The molecule has 0 atom stereocenters. The summed E-state index contributed by atoms with van der Waals surface area (Å²) in [5.74, 6) is -1.18. The fourth-order valence-electron chi connectivity index (χ4n) is 1.03. The van der Waals surface area contributed by atoms with E-state index < -0.39 is 16.0 Å². The Morgan fingerprint density at radius 1 is 1.50 bits per heavy atom. The van der Waals surface area contributed by atoms with Gasteiger partial charge in [-0.05, 0) is 12.5 Å². The molecule has 1 aromatic rings. The number of carboxylic acids is 1. The van der Waals surface area contributed by atoms with Crippen LogP contribution in [0.3, 0.4) is 0 Å². The molecule has 0 aliphatic carbocycles. The summed E-state index contributed by atoms with van der Waals surface area (Å²) in [6.45, 7) is 0.336. The molecule has 1 heterocycles. The Morgan fingerprint density at radius 3 is 2.69 bits per heavy atom. The summed E-state index contributed by atoms with van der Waals surface area (Å²) >= 11 is 0. The van der Waals surface area contributed by atoms with E-state index in [1.54, 1.807) is 0 Å². The van der Waals surface area contributed by atoms with Gasteiger partial charge in [0, 0.05) is 12.6 Å². The Labute approximate surface area is 92.3 Å². The third kappa shape index (κ3) is 4.32. The fourth-order valence-corrected chi connectivity index (χ4v) is 1.58. The van der Waals surface area contributed by atoms with Gasteiger partial charge < -0.3 is 14.8 Å². The van der Waals surface area contributed by atoms with Gasteiger partial charge in [-0.2, -0.15) is 0 Å². The summed E-state index contributed by atoms with van der Waals surface area (Å²) in [6, 6.07) is 2.77. The summed E-state index contributed by atoms with van der Waals surface area (Å²) in [6.07, 6.45) is 0.321. The zero-order valence-electron chi connectivity index (χ0n) is 8.34. The van der Waals surface area contributed by atoms with Crippen molar-refractivity contribution in [2.24, 2.45) is 5.14 Å². The van der Waals surface area contributed by atoms with E-state index in [4.69, 9.17) is 14.7 Å². The predicted octanol–water partition coefficient (Wildman–Crippen LogP) is 0.0683. The second kappa shape index (κ2) is 4.99. The van der Waals surface area contributed by atoms with Crippen molar-refractivity contribution >= 4 is 21.9 Å². The minimum absolute atomic E-state index is 0.132. The summed E-state index contributed by atoms with van der Waals surface area (Å²) in [4.78, 5) is 10.5. The molecule has 16 heavy (non-hydrogen) atoms. The van der Waals surface area contributed by atoms with Crippen LogP contribution in [-0.2, 0) is 10.0 Å². The number of anilines is 1. The van der Waals surface area contributed by atoms with Crippen LogP contribution in [0, 0.1) is 0 Å². The average Bonchev–Trinajstić information content (AvgIpc) is 2.59. The number of primary sulfonamides is 1. The monoisotopic (exact) mass is 248 g/mol. The molecule has 0 bridgehead atoms. The van der Waals surface area contributed by atoms with Crippen molar-refractivity contribution < 1.29 is 22.7 Å². The van der Waals surface area contributed by atoms with E-state index in [0.717, 1.165) is 0 Å². The maximum absolute atomic E-state index is 10.6. The SMILES string of the molecule is NS(=O)(=O)CCCNc1ccc(C(=O)O)o1. The van der Waals surface area contributed by atoms with Crippen LogP contribution in [0.25, 0.3) is 0 Å². The Morgan fingerprint density at radius 2 is 2.19 bits per heavy atom. The molecule has 0 spiro atoms. The normalized spacial score (nSPS) is 11.3. The molecule has 0 fully saturated rings. The zero-order valence-corrected chi connectivity index (χ0v) is 9.16. The van der Waals surface area contributed by atoms with Crippen LogP contribution in [-0.4, -0.2) is 31.8 Å². The summed E-state index contributed by atoms with van der Waals surface area (Å²) in [5.41, 5.74) is 0. The van der Waals surface area contributed by atoms with Gasteiger partial charge in [0.15, 0.2) is 5.88 Å². The lowest BCUT2D eigenvalue weighted by Gasteiger charge is -2.01. The van der Waals surface area contributed by atoms with E-state index >= 15 is 0 Å². The zero-order chi connectivity index (χ0) is 12.2. The first-order valence-corrected chi connectivity index (χ1v) is 6.17. The lowest BCUT2D eigenvalue weighted by Crippen LogP contribution is -2.18. The number of carboxylic acid groups (broad SMARTS) is 1. The molecule has 90 valence electrons. The fraction of sp³-hybridized carbons (Fsp3) is 0.375. The van der Waals surface area contributed by atoms with E-state index in [0.29, 0.717) is 13.0 Å². The third-order valence-corrected chi connectivity index (χ3v) is 2.58. The topological polar surface area (TPSA) is 123 Å². The van der Waals surface area contributed by atoms with Crippen LogP contribution < -0.4 is 10.5 Å². The van der Waals surface area contributed by atoms with Gasteiger partial charge in [0.25, 0.3) is 0 Å². The summed E-state index contributed by atoms with van der Waals surface area (Å²) < 4.78 is 26.1. The number of furan rings is 1. The summed E-state index contributed by atoms with van der Waals surface area (Å²) in [7, 11) is -3.45. The number of nitrogens with two attached hydrogens (primary N) is 1. The van der Waals surface area contributed by atoms with Crippen molar-refractivity contribution in [1.82, 2.24) is 0 Å². The molecule has 8 heteroatoms. The third-order valence-electron chi connectivity index (χ3n) is 1.72. The lowest BCUT2D eigenvalue weighted by atomic mass is 10.4. The highest BCUT2D eigenvalue weighted by molar-refractivity contribution is 7.89. The Hall–Kier alpha value is -1.54. The first-order chi connectivity index (χ1) is 7.38. The molecule has 0 amide bonds. The maximum atomic E-state index is 10.6. The number of hydrogen-bond donors (Lipinski definition) is 3. The second-order valence-corrected chi connectivity index (χ2v) is 4.85. The van der Waals surface area contributed by atoms with E-state index in [2.05, 4.69) is 5.32 Å². The Balaban J connectivity index is 2.35. The van der Waals surface area contributed by atoms with Gasteiger partial charge in [0.05, 0.1) is 5.75 Å². The predicted molar refractivity (Wildman–Crippen MR) is 56.7 cm³/mol. The van der Waals surface area contributed by atoms with Gasteiger partial charge in [-0.15, -0.1) is 0 Å². The highest BCUT2D eigenvalue weighted by Gasteiger charge is 2.08. The number of rotatable bonds is 6. The van der Waals surface area contributed by atoms with Gasteiger partial charge in [0.1, 0.15) is 0 Å². The van der Waals surface area contributed by atoms with Crippen molar-refractivity contribution in [2.45, 2.75) is 6.42 Å². The quantitative estimate of drug-likeness (QED) is 0.612. The first-order valence-electron chi connectivity index (χ1n) is 4.46. The molecular formula is C8H12N2O5S. The van der Waals surface area contributed by atoms with Crippen LogP contribution in [0.5, 0.6) is 0 Å². The van der Waals surface area contributed by atoms with Crippen LogP contribution in [0.2, 0.25) is 0 Å². The van der Waals surface area contributed by atoms with Crippen LogP contribution in [0.1, 0.15) is 17.0 Å². The van der Waals surface area contributed by atoms with E-state index in [9.17, 15) is 13.2 Å². The Bertz CT molecular complexity index is 465. The largest absolute Gasteiger partial charge is 0.475 e. The molecule has 1 rings (SSSR count). The van der Waals surface area contributed by atoms with Gasteiger partial charge in [-0.3, -0.25) is 0 Å². The molecule has 0 aliphatic rings. The molecule has 0 radical (unpaired) electrons. The summed E-state index contributed by atoms with van der Waals surface area (Å²) in [5, 5.41) is 16.1. The number of nitrogens with one attached hydrogen (secondary N) is 1. The highest BCUT2D eigenvalue weighted by Crippen LogP contribution is 2.12. The van der Waals surface area contributed by atoms with Crippen molar-refractivity contribution in [3.63, 3.8) is 0 Å². The minimum atomic E-state index is -3.45. The Kier molecular flexibility index (Phi) is 3.91. The van der Waals surface area contributed by atoms with E-state index in [1.807, 2.05) is 0 Å². The number of sulfonamides is 1. The van der Waals surface area contributed by atoms with Crippen molar-refractivity contribution in [2.75, 3.05) is 17.6 Å². The van der Waals surface area contributed by atoms with Crippen molar-refractivity contribution in [1.29, 1.82) is 0 Å². The highest BCUT2D eigenvalue weighted by atomic mass is 32.2. The number of hydrogen-bond acceptors (Lipinski definition) is 5. The molecule has 4 N–H and O–H groups in total. The van der Waals surface area contributed by atoms with Crippen LogP contribution in [0.15, 0.2) is 16.5 Å². The number of aromatic carboxylic acids is 1. The molecule has 0 saturated carbocycles. The standard InChI is InChI=1S/C8H12N2O5S/c9-16(13,14)5-1-4-10-7-3-2-6(15-7)8(11)12/h2-3,10H,1,4-5H2,(H,11,12)(H2,9,13,14). The van der Waals surface area contributed by atoms with Crippen molar-refractivity contribution in [3.8, 4) is 0 Å². The lowest BCUT2D eigenvalue weighted by molar-refractivity contribution is 0.0663.